The van der Waals surface area contributed by atoms with Crippen molar-refractivity contribution in [3.8, 4) is 0 Å². The zero-order valence-corrected chi connectivity index (χ0v) is 18.4. The summed E-state index contributed by atoms with van der Waals surface area (Å²) in [7, 11) is -2.64. The smallest absolute Gasteiger partial charge is 0.306 e. The molecule has 0 spiro atoms. The molecule has 1 saturated carbocycles. The summed E-state index contributed by atoms with van der Waals surface area (Å²) in [5.74, 6) is -0.175. The van der Waals surface area contributed by atoms with Gasteiger partial charge in [0, 0.05) is 24.9 Å². The van der Waals surface area contributed by atoms with Gasteiger partial charge in [-0.3, -0.25) is 4.79 Å². The molecule has 0 aromatic heterocycles. The number of esters is 1. The Labute approximate surface area is 174 Å². The Morgan fingerprint density at radius 3 is 2.10 bits per heavy atom. The molecule has 2 aromatic rings. The minimum atomic E-state index is -2.64. The molecule has 1 aliphatic heterocycles. The van der Waals surface area contributed by atoms with E-state index in [9.17, 15) is 9.90 Å². The molecule has 0 amide bonds. The lowest BCUT2D eigenvalue weighted by molar-refractivity contribution is -0.141. The lowest BCUT2D eigenvalue weighted by atomic mass is 9.93. The van der Waals surface area contributed by atoms with E-state index in [1.54, 1.807) is 0 Å². The minimum Gasteiger partial charge on any atom is -0.462 e. The van der Waals surface area contributed by atoms with E-state index in [1.165, 1.54) is 10.4 Å². The average Bonchev–Trinajstić information content (AvgIpc) is 3.18. The quantitative estimate of drug-likeness (QED) is 0.608. The van der Waals surface area contributed by atoms with Crippen LogP contribution in [0.4, 0.5) is 0 Å². The summed E-state index contributed by atoms with van der Waals surface area (Å²) in [4.78, 5) is 11.8. The van der Waals surface area contributed by atoms with Gasteiger partial charge in [-0.1, -0.05) is 81.4 Å². The molecule has 2 aromatic carbocycles. The maximum absolute atomic E-state index is 11.8. The molecule has 1 heterocycles. The van der Waals surface area contributed by atoms with Crippen molar-refractivity contribution < 1.29 is 19.1 Å². The van der Waals surface area contributed by atoms with E-state index in [4.69, 9.17) is 9.16 Å². The van der Waals surface area contributed by atoms with Gasteiger partial charge >= 0.3 is 5.97 Å². The Morgan fingerprint density at radius 2 is 1.59 bits per heavy atom. The third-order valence-corrected chi connectivity index (χ3v) is 11.6. The molecule has 1 N–H and O–H groups in total. The highest BCUT2D eigenvalue weighted by Crippen LogP contribution is 2.43. The fraction of sp³-hybridized carbons (Fsp3) is 0.458. The van der Waals surface area contributed by atoms with Crippen molar-refractivity contribution in [2.75, 3.05) is 6.61 Å². The van der Waals surface area contributed by atoms with Crippen LogP contribution in [0.5, 0.6) is 0 Å². The van der Waals surface area contributed by atoms with Gasteiger partial charge in [0.25, 0.3) is 8.32 Å². The van der Waals surface area contributed by atoms with E-state index in [0.29, 0.717) is 19.4 Å². The Hall–Kier alpha value is -1.95. The van der Waals surface area contributed by atoms with Gasteiger partial charge in [0.15, 0.2) is 0 Å². The van der Waals surface area contributed by atoms with Crippen molar-refractivity contribution in [3.63, 3.8) is 0 Å². The van der Waals surface area contributed by atoms with E-state index >= 15 is 0 Å². The molecule has 5 heteroatoms. The number of fused-ring (bicyclic) bond motifs is 1. The first kappa shape index (κ1) is 20.3. The molecular weight excluding hydrogens is 380 g/mol. The van der Waals surface area contributed by atoms with Crippen molar-refractivity contribution >= 4 is 24.7 Å². The highest BCUT2D eigenvalue weighted by Gasteiger charge is 2.54. The monoisotopic (exact) mass is 410 g/mol. The molecule has 2 aliphatic rings. The number of ether oxygens (including phenoxy) is 1. The van der Waals surface area contributed by atoms with E-state index in [2.05, 4.69) is 69.3 Å². The van der Waals surface area contributed by atoms with Gasteiger partial charge in [0.2, 0.25) is 0 Å². The maximum Gasteiger partial charge on any atom is 0.306 e. The molecule has 154 valence electrons. The Bertz CT molecular complexity index is 807. The summed E-state index contributed by atoms with van der Waals surface area (Å²) in [6.07, 6.45) is 0.253. The Balaban J connectivity index is 1.72. The van der Waals surface area contributed by atoms with Crippen LogP contribution in [0.15, 0.2) is 60.7 Å². The predicted molar refractivity (Wildman–Crippen MR) is 116 cm³/mol. The number of rotatable bonds is 5. The first-order valence-electron chi connectivity index (χ1n) is 10.5. The van der Waals surface area contributed by atoms with Gasteiger partial charge in [-0.25, -0.2) is 0 Å². The van der Waals surface area contributed by atoms with Gasteiger partial charge < -0.3 is 14.3 Å². The number of hydrogen-bond acceptors (Lipinski definition) is 4. The minimum absolute atomic E-state index is 0.0516. The van der Waals surface area contributed by atoms with Crippen LogP contribution in [0.3, 0.4) is 0 Å². The third kappa shape index (κ3) is 3.56. The SMILES string of the molecule is CC(C)(C)[Si](OC[C@H]1[C@@H]2CC(=O)O[C@@H]2C[C@@H]1O)(c1ccccc1)c1ccccc1. The Morgan fingerprint density at radius 1 is 1.03 bits per heavy atom. The maximum atomic E-state index is 11.8. The summed E-state index contributed by atoms with van der Waals surface area (Å²) in [5, 5.41) is 13.0. The highest BCUT2D eigenvalue weighted by atomic mass is 28.4. The predicted octanol–water partition coefficient (Wildman–Crippen LogP) is 2.88. The first-order chi connectivity index (χ1) is 13.8. The van der Waals surface area contributed by atoms with Crippen LogP contribution >= 0.6 is 0 Å². The van der Waals surface area contributed by atoms with Crippen LogP contribution in [-0.2, 0) is 14.0 Å². The largest absolute Gasteiger partial charge is 0.462 e. The van der Waals surface area contributed by atoms with Crippen LogP contribution in [-0.4, -0.2) is 38.2 Å². The number of carbonyl (C=O) groups is 1. The molecule has 0 radical (unpaired) electrons. The molecule has 29 heavy (non-hydrogen) atoms. The summed E-state index contributed by atoms with van der Waals surface area (Å²) in [6.45, 7) is 7.17. The van der Waals surface area contributed by atoms with Crippen molar-refractivity contribution in [1.82, 2.24) is 0 Å². The van der Waals surface area contributed by atoms with E-state index < -0.39 is 14.4 Å². The second-order valence-corrected chi connectivity index (χ2v) is 13.6. The van der Waals surface area contributed by atoms with E-state index in [-0.39, 0.29) is 28.9 Å². The van der Waals surface area contributed by atoms with Gasteiger partial charge in [-0.15, -0.1) is 0 Å². The summed E-state index contributed by atoms with van der Waals surface area (Å²) < 4.78 is 12.4. The van der Waals surface area contributed by atoms with Crippen molar-refractivity contribution in [3.05, 3.63) is 60.7 Å². The molecule has 0 bridgehead atoms. The lowest BCUT2D eigenvalue weighted by Crippen LogP contribution is -2.67. The van der Waals surface area contributed by atoms with Crippen LogP contribution < -0.4 is 10.4 Å². The number of benzene rings is 2. The summed E-state index contributed by atoms with van der Waals surface area (Å²) in [5.41, 5.74) is 0. The second-order valence-electron chi connectivity index (χ2n) is 9.34. The van der Waals surface area contributed by atoms with Crippen molar-refractivity contribution in [2.45, 2.75) is 50.9 Å². The molecular formula is C24H30O4Si. The highest BCUT2D eigenvalue weighted by molar-refractivity contribution is 6.99. The van der Waals surface area contributed by atoms with Crippen LogP contribution in [0.2, 0.25) is 5.04 Å². The molecule has 4 nitrogen and oxygen atoms in total. The number of carbonyl (C=O) groups excluding carboxylic acids is 1. The number of hydrogen-bond donors (Lipinski definition) is 1. The molecule has 2 fully saturated rings. The molecule has 0 unspecified atom stereocenters. The zero-order valence-electron chi connectivity index (χ0n) is 17.4. The Kier molecular flexibility index (Phi) is 5.40. The van der Waals surface area contributed by atoms with Crippen molar-refractivity contribution in [2.24, 2.45) is 11.8 Å². The fourth-order valence-corrected chi connectivity index (χ4v) is 9.79. The van der Waals surface area contributed by atoms with Crippen LogP contribution in [0, 0.1) is 11.8 Å². The standard InChI is InChI=1S/C24H30O4Si/c1-24(2,3)29(17-10-6-4-7-11-17,18-12-8-5-9-13-18)27-16-20-19-14-23(26)28-22(19)15-21(20)25/h4-13,19-22,25H,14-16H2,1-3H3/t19-,20-,21-,22+/m0/s1. The lowest BCUT2D eigenvalue weighted by Gasteiger charge is -2.44. The normalized spacial score (nSPS) is 27.0. The van der Waals surface area contributed by atoms with Gasteiger partial charge in [0.05, 0.1) is 12.5 Å². The molecule has 1 aliphatic carbocycles. The first-order valence-corrected chi connectivity index (χ1v) is 12.4. The zero-order chi connectivity index (χ0) is 20.6. The van der Waals surface area contributed by atoms with E-state index in [0.717, 1.165) is 0 Å². The molecule has 4 rings (SSSR count). The van der Waals surface area contributed by atoms with Gasteiger partial charge in [-0.2, -0.15) is 0 Å². The average molecular weight is 411 g/mol. The van der Waals surface area contributed by atoms with Crippen LogP contribution in [0.25, 0.3) is 0 Å². The molecule has 4 atom stereocenters. The topological polar surface area (TPSA) is 55.8 Å². The fourth-order valence-electron chi connectivity index (χ4n) is 5.19. The van der Waals surface area contributed by atoms with E-state index in [1.807, 2.05) is 12.1 Å². The second kappa shape index (κ2) is 7.71. The van der Waals surface area contributed by atoms with Gasteiger partial charge in [0.1, 0.15) is 6.10 Å². The molecule has 1 saturated heterocycles. The van der Waals surface area contributed by atoms with Gasteiger partial charge in [-0.05, 0) is 15.4 Å². The number of aliphatic hydroxyl groups excluding tert-OH is 1. The third-order valence-electron chi connectivity index (χ3n) is 6.59. The van der Waals surface area contributed by atoms with Crippen LogP contribution in [0.1, 0.15) is 33.6 Å². The number of aliphatic hydroxyl groups is 1. The van der Waals surface area contributed by atoms with Crippen molar-refractivity contribution in [1.29, 1.82) is 0 Å². The summed E-state index contributed by atoms with van der Waals surface area (Å²) >= 11 is 0. The summed E-state index contributed by atoms with van der Waals surface area (Å²) in [6, 6.07) is 21.0.